The molecule has 0 atom stereocenters. The van der Waals surface area contributed by atoms with Gasteiger partial charge in [-0.1, -0.05) is 0 Å². The molecule has 126 valence electrons. The van der Waals surface area contributed by atoms with Crippen molar-refractivity contribution in [3.63, 3.8) is 0 Å². The van der Waals surface area contributed by atoms with Crippen molar-refractivity contribution in [3.8, 4) is 0 Å². The van der Waals surface area contributed by atoms with Crippen LogP contribution in [0, 0.1) is 12.7 Å². The second-order valence-corrected chi connectivity index (χ2v) is 7.40. The summed E-state index contributed by atoms with van der Waals surface area (Å²) in [5.41, 5.74) is 0.951. The number of nitrogens with one attached hydrogen (secondary N) is 2. The number of hydrogen-bond donors (Lipinski definition) is 2. The first-order valence-corrected chi connectivity index (χ1v) is 8.89. The Morgan fingerprint density at radius 1 is 1.25 bits per heavy atom. The molecule has 0 spiro atoms. The van der Waals surface area contributed by atoms with Crippen LogP contribution in [0.2, 0.25) is 0 Å². The number of sulfonamides is 1. The number of benzene rings is 1. The van der Waals surface area contributed by atoms with Crippen LogP contribution < -0.4 is 10.0 Å². The molecule has 1 heterocycles. The van der Waals surface area contributed by atoms with E-state index in [1.165, 1.54) is 6.07 Å². The zero-order valence-electron chi connectivity index (χ0n) is 12.9. The molecule has 6 nitrogen and oxygen atoms in total. The fourth-order valence-corrected chi connectivity index (χ4v) is 3.54. The van der Waals surface area contributed by atoms with E-state index in [1.54, 1.807) is 18.3 Å². The molecule has 24 heavy (non-hydrogen) atoms. The standard InChI is InChI=1S/C16H16FN3O3S/c1-10-6-7-18-15(8-10)19-16(21)11-2-5-13(17)14(9-11)24(22,23)20-12-3-4-12/h2,5-9,12,20H,3-4H2,1H3,(H,18,19,21). The van der Waals surface area contributed by atoms with Gasteiger partial charge in [0.25, 0.3) is 5.91 Å². The van der Waals surface area contributed by atoms with Gasteiger partial charge in [0.2, 0.25) is 10.0 Å². The number of amides is 1. The van der Waals surface area contributed by atoms with Crippen LogP contribution in [-0.4, -0.2) is 25.4 Å². The molecule has 3 rings (SSSR count). The molecular weight excluding hydrogens is 333 g/mol. The van der Waals surface area contributed by atoms with Crippen LogP contribution >= 0.6 is 0 Å². The fourth-order valence-electron chi connectivity index (χ4n) is 2.13. The largest absolute Gasteiger partial charge is 0.307 e. The summed E-state index contributed by atoms with van der Waals surface area (Å²) < 4.78 is 40.7. The average molecular weight is 349 g/mol. The average Bonchev–Trinajstić information content (AvgIpc) is 3.30. The number of carbonyl (C=O) groups excluding carboxylic acids is 1. The predicted octanol–water partition coefficient (Wildman–Crippen LogP) is 2.22. The van der Waals surface area contributed by atoms with Crippen molar-refractivity contribution in [1.82, 2.24) is 9.71 Å². The third-order valence-electron chi connectivity index (χ3n) is 3.54. The van der Waals surface area contributed by atoms with Gasteiger partial charge in [-0.2, -0.15) is 0 Å². The normalized spacial score (nSPS) is 14.4. The minimum atomic E-state index is -3.98. The molecule has 2 aromatic rings. The monoisotopic (exact) mass is 349 g/mol. The van der Waals surface area contributed by atoms with Gasteiger partial charge in [0.05, 0.1) is 0 Å². The second-order valence-electron chi connectivity index (χ2n) is 5.71. The highest BCUT2D eigenvalue weighted by molar-refractivity contribution is 7.89. The Bertz CT molecular complexity index is 895. The molecule has 1 aliphatic carbocycles. The molecule has 1 aromatic carbocycles. The maximum absolute atomic E-state index is 13.9. The highest BCUT2D eigenvalue weighted by atomic mass is 32.2. The van der Waals surface area contributed by atoms with Gasteiger partial charge < -0.3 is 5.32 Å². The van der Waals surface area contributed by atoms with E-state index >= 15 is 0 Å². The van der Waals surface area contributed by atoms with Crippen molar-refractivity contribution in [2.75, 3.05) is 5.32 Å². The minimum Gasteiger partial charge on any atom is -0.307 e. The number of halogens is 1. The van der Waals surface area contributed by atoms with E-state index in [0.29, 0.717) is 5.82 Å². The lowest BCUT2D eigenvalue weighted by Crippen LogP contribution is -2.27. The van der Waals surface area contributed by atoms with E-state index in [1.807, 2.05) is 6.92 Å². The van der Waals surface area contributed by atoms with Gasteiger partial charge in [0.1, 0.15) is 16.5 Å². The number of aromatic nitrogens is 1. The van der Waals surface area contributed by atoms with Gasteiger partial charge in [-0.05, 0) is 55.7 Å². The minimum absolute atomic E-state index is 0.0379. The SMILES string of the molecule is Cc1ccnc(NC(=O)c2ccc(F)c(S(=O)(=O)NC3CC3)c2)c1. The summed E-state index contributed by atoms with van der Waals surface area (Å²) in [6, 6.07) is 6.54. The van der Waals surface area contributed by atoms with Crippen LogP contribution in [0.1, 0.15) is 28.8 Å². The molecule has 1 aliphatic rings. The zero-order chi connectivity index (χ0) is 17.3. The number of pyridine rings is 1. The Labute approximate surface area is 139 Å². The molecular formula is C16H16FN3O3S. The smallest absolute Gasteiger partial charge is 0.256 e. The van der Waals surface area contributed by atoms with Crippen LogP contribution in [0.3, 0.4) is 0 Å². The zero-order valence-corrected chi connectivity index (χ0v) is 13.7. The molecule has 0 saturated heterocycles. The fraction of sp³-hybridized carbons (Fsp3) is 0.250. The molecule has 0 unspecified atom stereocenters. The Morgan fingerprint density at radius 3 is 2.67 bits per heavy atom. The van der Waals surface area contributed by atoms with Crippen molar-refractivity contribution >= 4 is 21.7 Å². The highest BCUT2D eigenvalue weighted by Gasteiger charge is 2.30. The van der Waals surface area contributed by atoms with Crippen molar-refractivity contribution in [3.05, 3.63) is 53.5 Å². The van der Waals surface area contributed by atoms with Gasteiger partial charge in [0.15, 0.2) is 0 Å². The maximum Gasteiger partial charge on any atom is 0.256 e. The number of hydrogen-bond acceptors (Lipinski definition) is 4. The quantitative estimate of drug-likeness (QED) is 0.866. The van der Waals surface area contributed by atoms with E-state index < -0.39 is 26.6 Å². The lowest BCUT2D eigenvalue weighted by Gasteiger charge is -2.09. The van der Waals surface area contributed by atoms with Crippen molar-refractivity contribution in [2.24, 2.45) is 0 Å². The summed E-state index contributed by atoms with van der Waals surface area (Å²) in [5, 5.41) is 2.56. The Morgan fingerprint density at radius 2 is 2.00 bits per heavy atom. The third kappa shape index (κ3) is 3.77. The molecule has 8 heteroatoms. The third-order valence-corrected chi connectivity index (χ3v) is 5.07. The summed E-state index contributed by atoms with van der Waals surface area (Å²) in [4.78, 5) is 15.7. The Hall–Kier alpha value is -2.32. The van der Waals surface area contributed by atoms with Crippen LogP contribution in [-0.2, 0) is 10.0 Å². The molecule has 0 bridgehead atoms. The van der Waals surface area contributed by atoms with E-state index in [-0.39, 0.29) is 11.6 Å². The second kappa shape index (κ2) is 6.29. The number of anilines is 1. The topological polar surface area (TPSA) is 88.2 Å². The van der Waals surface area contributed by atoms with Crippen LogP contribution in [0.25, 0.3) is 0 Å². The number of aryl methyl sites for hydroxylation is 1. The molecule has 1 saturated carbocycles. The summed E-state index contributed by atoms with van der Waals surface area (Å²) in [6.07, 6.45) is 3.02. The van der Waals surface area contributed by atoms with Gasteiger partial charge in [-0.3, -0.25) is 4.79 Å². The number of carbonyl (C=O) groups is 1. The molecule has 1 fully saturated rings. The summed E-state index contributed by atoms with van der Waals surface area (Å²) in [6.45, 7) is 1.85. The first kappa shape index (κ1) is 16.5. The lowest BCUT2D eigenvalue weighted by atomic mass is 10.2. The van der Waals surface area contributed by atoms with E-state index in [2.05, 4.69) is 15.0 Å². The van der Waals surface area contributed by atoms with E-state index in [0.717, 1.165) is 30.5 Å². The number of rotatable bonds is 5. The molecule has 1 aromatic heterocycles. The summed E-state index contributed by atoms with van der Waals surface area (Å²) in [7, 11) is -3.98. The van der Waals surface area contributed by atoms with Gasteiger partial charge in [-0.15, -0.1) is 0 Å². The van der Waals surface area contributed by atoms with Crippen molar-refractivity contribution in [2.45, 2.75) is 30.7 Å². The predicted molar refractivity (Wildman–Crippen MR) is 86.7 cm³/mol. The molecule has 0 aliphatic heterocycles. The van der Waals surface area contributed by atoms with Gasteiger partial charge >= 0.3 is 0 Å². The highest BCUT2D eigenvalue weighted by Crippen LogP contribution is 2.24. The summed E-state index contributed by atoms with van der Waals surface area (Å²) >= 11 is 0. The Kier molecular flexibility index (Phi) is 4.33. The summed E-state index contributed by atoms with van der Waals surface area (Å²) in [5.74, 6) is -1.12. The van der Waals surface area contributed by atoms with Crippen LogP contribution in [0.5, 0.6) is 0 Å². The van der Waals surface area contributed by atoms with Crippen LogP contribution in [0.4, 0.5) is 10.2 Å². The molecule has 0 radical (unpaired) electrons. The maximum atomic E-state index is 13.9. The van der Waals surface area contributed by atoms with Crippen molar-refractivity contribution < 1.29 is 17.6 Å². The van der Waals surface area contributed by atoms with Gasteiger partial charge in [0, 0.05) is 17.8 Å². The first-order valence-electron chi connectivity index (χ1n) is 7.41. The van der Waals surface area contributed by atoms with Crippen molar-refractivity contribution in [1.29, 1.82) is 0 Å². The molecule has 2 N–H and O–H groups in total. The number of nitrogens with zero attached hydrogens (tertiary/aromatic N) is 1. The lowest BCUT2D eigenvalue weighted by molar-refractivity contribution is 0.102. The first-order chi connectivity index (χ1) is 11.3. The Balaban J connectivity index is 1.86. The molecule has 1 amide bonds. The van der Waals surface area contributed by atoms with E-state index in [9.17, 15) is 17.6 Å². The van der Waals surface area contributed by atoms with Crippen LogP contribution in [0.15, 0.2) is 41.4 Å². The van der Waals surface area contributed by atoms with E-state index in [4.69, 9.17) is 0 Å². The van der Waals surface area contributed by atoms with Gasteiger partial charge in [-0.25, -0.2) is 22.5 Å².